The van der Waals surface area contributed by atoms with Crippen LogP contribution in [-0.4, -0.2) is 23.0 Å². The standard InChI is InChI=1S/C18H21N3O/c1-3-10-19-15-6-9-18-20-16(13-21(18)12-15)11-14-4-7-17(22-2)8-5-14/h4-9,12-13,19H,3,10-11H2,1-2H3. The van der Waals surface area contributed by atoms with E-state index in [1.54, 1.807) is 7.11 Å². The van der Waals surface area contributed by atoms with Crippen molar-refractivity contribution < 1.29 is 4.74 Å². The monoisotopic (exact) mass is 295 g/mol. The second-order valence-corrected chi connectivity index (χ2v) is 5.37. The van der Waals surface area contributed by atoms with Gasteiger partial charge in [-0.2, -0.15) is 0 Å². The van der Waals surface area contributed by atoms with E-state index in [2.05, 4.69) is 58.3 Å². The van der Waals surface area contributed by atoms with Gasteiger partial charge in [-0.05, 0) is 36.2 Å². The first-order chi connectivity index (χ1) is 10.8. The van der Waals surface area contributed by atoms with Crippen LogP contribution in [0.4, 0.5) is 5.69 Å². The van der Waals surface area contributed by atoms with E-state index in [0.29, 0.717) is 0 Å². The summed E-state index contributed by atoms with van der Waals surface area (Å²) in [6.45, 7) is 3.15. The Balaban J connectivity index is 1.78. The highest BCUT2D eigenvalue weighted by Gasteiger charge is 2.04. The van der Waals surface area contributed by atoms with E-state index in [4.69, 9.17) is 4.74 Å². The number of nitrogens with one attached hydrogen (secondary N) is 1. The van der Waals surface area contributed by atoms with Gasteiger partial charge >= 0.3 is 0 Å². The molecular weight excluding hydrogens is 274 g/mol. The average molecular weight is 295 g/mol. The van der Waals surface area contributed by atoms with Gasteiger partial charge in [-0.3, -0.25) is 0 Å². The number of anilines is 1. The van der Waals surface area contributed by atoms with Crippen molar-refractivity contribution in [1.82, 2.24) is 9.38 Å². The molecule has 0 saturated carbocycles. The van der Waals surface area contributed by atoms with Gasteiger partial charge in [-0.1, -0.05) is 19.1 Å². The summed E-state index contributed by atoms with van der Waals surface area (Å²) in [6.07, 6.45) is 6.13. The highest BCUT2D eigenvalue weighted by atomic mass is 16.5. The van der Waals surface area contributed by atoms with Crippen LogP contribution in [0.25, 0.3) is 5.65 Å². The van der Waals surface area contributed by atoms with Crippen LogP contribution in [0, 0.1) is 0 Å². The summed E-state index contributed by atoms with van der Waals surface area (Å²) in [5.41, 5.74) is 4.40. The lowest BCUT2D eigenvalue weighted by molar-refractivity contribution is 0.414. The number of hydrogen-bond donors (Lipinski definition) is 1. The molecule has 4 nitrogen and oxygen atoms in total. The van der Waals surface area contributed by atoms with Gasteiger partial charge < -0.3 is 14.5 Å². The van der Waals surface area contributed by atoms with Crippen molar-refractivity contribution in [2.75, 3.05) is 19.0 Å². The van der Waals surface area contributed by atoms with Crippen molar-refractivity contribution in [3.8, 4) is 5.75 Å². The van der Waals surface area contributed by atoms with Crippen molar-refractivity contribution >= 4 is 11.3 Å². The fourth-order valence-corrected chi connectivity index (χ4v) is 2.46. The van der Waals surface area contributed by atoms with Gasteiger partial charge in [0.1, 0.15) is 11.4 Å². The minimum Gasteiger partial charge on any atom is -0.497 e. The Labute approximate surface area is 130 Å². The van der Waals surface area contributed by atoms with E-state index < -0.39 is 0 Å². The van der Waals surface area contributed by atoms with Crippen molar-refractivity contribution in [2.45, 2.75) is 19.8 Å². The molecule has 22 heavy (non-hydrogen) atoms. The molecular formula is C18H21N3O. The largest absolute Gasteiger partial charge is 0.497 e. The first-order valence-corrected chi connectivity index (χ1v) is 7.63. The van der Waals surface area contributed by atoms with Crippen molar-refractivity contribution in [1.29, 1.82) is 0 Å². The molecule has 0 bridgehead atoms. The molecule has 0 saturated heterocycles. The zero-order valence-corrected chi connectivity index (χ0v) is 13.0. The van der Waals surface area contributed by atoms with E-state index >= 15 is 0 Å². The van der Waals surface area contributed by atoms with Crippen LogP contribution in [-0.2, 0) is 6.42 Å². The van der Waals surface area contributed by atoms with Gasteiger partial charge in [0.25, 0.3) is 0 Å². The second kappa shape index (κ2) is 6.52. The number of benzene rings is 1. The average Bonchev–Trinajstić information content (AvgIpc) is 2.95. The number of rotatable bonds is 6. The molecule has 0 aliphatic carbocycles. The molecule has 0 aliphatic rings. The summed E-state index contributed by atoms with van der Waals surface area (Å²) < 4.78 is 7.27. The first-order valence-electron chi connectivity index (χ1n) is 7.63. The van der Waals surface area contributed by atoms with Gasteiger partial charge in [-0.15, -0.1) is 0 Å². The predicted molar refractivity (Wildman–Crippen MR) is 89.8 cm³/mol. The Kier molecular flexibility index (Phi) is 4.28. The van der Waals surface area contributed by atoms with Crippen LogP contribution in [0.5, 0.6) is 5.75 Å². The quantitative estimate of drug-likeness (QED) is 0.752. The van der Waals surface area contributed by atoms with Crippen molar-refractivity contribution in [3.05, 3.63) is 60.0 Å². The number of aromatic nitrogens is 2. The Hall–Kier alpha value is -2.49. The molecule has 0 spiro atoms. The maximum absolute atomic E-state index is 5.19. The van der Waals surface area contributed by atoms with Gasteiger partial charge in [0.05, 0.1) is 18.5 Å². The second-order valence-electron chi connectivity index (χ2n) is 5.37. The van der Waals surface area contributed by atoms with Gasteiger partial charge in [0, 0.05) is 25.4 Å². The maximum atomic E-state index is 5.19. The number of pyridine rings is 1. The lowest BCUT2D eigenvalue weighted by Crippen LogP contribution is -2.00. The highest BCUT2D eigenvalue weighted by molar-refractivity contribution is 5.51. The molecule has 3 rings (SSSR count). The summed E-state index contributed by atoms with van der Waals surface area (Å²) in [5, 5.41) is 3.40. The number of fused-ring (bicyclic) bond motifs is 1. The Morgan fingerprint density at radius 1 is 1.09 bits per heavy atom. The lowest BCUT2D eigenvalue weighted by atomic mass is 10.1. The fourth-order valence-electron chi connectivity index (χ4n) is 2.46. The number of methoxy groups -OCH3 is 1. The van der Waals surface area contributed by atoms with Gasteiger partial charge in [0.2, 0.25) is 0 Å². The molecule has 1 N–H and O–H groups in total. The third-order valence-corrected chi connectivity index (χ3v) is 3.62. The molecule has 0 atom stereocenters. The van der Waals surface area contributed by atoms with Crippen molar-refractivity contribution in [3.63, 3.8) is 0 Å². The third kappa shape index (κ3) is 3.22. The van der Waals surface area contributed by atoms with E-state index in [1.807, 2.05) is 12.1 Å². The summed E-state index contributed by atoms with van der Waals surface area (Å²) in [7, 11) is 1.68. The SMILES string of the molecule is CCCNc1ccc2nc(Cc3ccc(OC)cc3)cn2c1. The molecule has 2 heterocycles. The zero-order chi connectivity index (χ0) is 15.4. The minimum absolute atomic E-state index is 0.823. The zero-order valence-electron chi connectivity index (χ0n) is 13.0. The smallest absolute Gasteiger partial charge is 0.137 e. The number of nitrogens with zero attached hydrogens (tertiary/aromatic N) is 2. The Morgan fingerprint density at radius 3 is 2.64 bits per heavy atom. The van der Waals surface area contributed by atoms with Crippen LogP contribution in [0.15, 0.2) is 48.8 Å². The molecule has 0 radical (unpaired) electrons. The van der Waals surface area contributed by atoms with Crippen LogP contribution in [0.1, 0.15) is 24.6 Å². The van der Waals surface area contributed by atoms with Crippen LogP contribution < -0.4 is 10.1 Å². The first kappa shape index (κ1) is 14.4. The molecule has 0 unspecified atom stereocenters. The molecule has 114 valence electrons. The Bertz CT molecular complexity index is 747. The number of hydrogen-bond acceptors (Lipinski definition) is 3. The van der Waals surface area contributed by atoms with Gasteiger partial charge in [0.15, 0.2) is 0 Å². The van der Waals surface area contributed by atoms with Crippen LogP contribution >= 0.6 is 0 Å². The molecule has 3 aromatic rings. The highest BCUT2D eigenvalue weighted by Crippen LogP contribution is 2.16. The van der Waals surface area contributed by atoms with Crippen molar-refractivity contribution in [2.24, 2.45) is 0 Å². The molecule has 0 amide bonds. The molecule has 1 aromatic carbocycles. The summed E-state index contributed by atoms with van der Waals surface area (Å²) in [4.78, 5) is 4.68. The molecule has 0 fully saturated rings. The molecule has 2 aromatic heterocycles. The van der Waals surface area contributed by atoms with E-state index in [-0.39, 0.29) is 0 Å². The fraction of sp³-hybridized carbons (Fsp3) is 0.278. The summed E-state index contributed by atoms with van der Waals surface area (Å²) in [6, 6.07) is 12.3. The van der Waals surface area contributed by atoms with E-state index in [1.165, 1.54) is 5.56 Å². The Morgan fingerprint density at radius 2 is 1.91 bits per heavy atom. The topological polar surface area (TPSA) is 38.6 Å². The van der Waals surface area contributed by atoms with Gasteiger partial charge in [-0.25, -0.2) is 4.98 Å². The van der Waals surface area contributed by atoms with E-state index in [9.17, 15) is 0 Å². The predicted octanol–water partition coefficient (Wildman–Crippen LogP) is 3.76. The molecule has 4 heteroatoms. The normalized spacial score (nSPS) is 10.8. The summed E-state index contributed by atoms with van der Waals surface area (Å²) in [5.74, 6) is 0.880. The lowest BCUT2D eigenvalue weighted by Gasteiger charge is -2.04. The van der Waals surface area contributed by atoms with E-state index in [0.717, 1.165) is 42.2 Å². The third-order valence-electron chi connectivity index (χ3n) is 3.62. The summed E-state index contributed by atoms with van der Waals surface area (Å²) >= 11 is 0. The number of imidazole rings is 1. The maximum Gasteiger partial charge on any atom is 0.137 e. The van der Waals surface area contributed by atoms with Crippen LogP contribution in [0.2, 0.25) is 0 Å². The molecule has 0 aliphatic heterocycles. The number of ether oxygens (including phenoxy) is 1. The minimum atomic E-state index is 0.823. The van der Waals surface area contributed by atoms with Crippen LogP contribution in [0.3, 0.4) is 0 Å².